The lowest BCUT2D eigenvalue weighted by atomic mass is 10.0. The maximum Gasteiger partial charge on any atom is 0.269 e. The summed E-state index contributed by atoms with van der Waals surface area (Å²) in [5.74, 6) is -1.54. The number of rotatable bonds is 6. The van der Waals surface area contributed by atoms with Crippen LogP contribution in [-0.4, -0.2) is 39.2 Å². The second kappa shape index (κ2) is 8.19. The van der Waals surface area contributed by atoms with E-state index in [1.54, 1.807) is 24.3 Å². The first-order chi connectivity index (χ1) is 12.3. The number of nitro benzene ring substituents is 1. The van der Waals surface area contributed by atoms with Crippen molar-refractivity contribution in [2.24, 2.45) is 0 Å². The highest BCUT2D eigenvalue weighted by Gasteiger charge is 2.25. The zero-order valence-electron chi connectivity index (χ0n) is 13.7. The third-order valence-corrected chi connectivity index (χ3v) is 3.72. The molecule has 2 rings (SSSR count). The zero-order chi connectivity index (χ0) is 19.3. The fourth-order valence-corrected chi connectivity index (χ4v) is 2.29. The van der Waals surface area contributed by atoms with Crippen LogP contribution in [0.4, 0.5) is 5.69 Å². The van der Waals surface area contributed by atoms with Crippen molar-refractivity contribution in [3.63, 3.8) is 0 Å². The van der Waals surface area contributed by atoms with Crippen LogP contribution < -0.4 is 10.8 Å². The monoisotopic (exact) mass is 359 g/mol. The van der Waals surface area contributed by atoms with Gasteiger partial charge in [-0.15, -0.1) is 0 Å². The lowest BCUT2D eigenvalue weighted by molar-refractivity contribution is -0.384. The van der Waals surface area contributed by atoms with Crippen molar-refractivity contribution >= 4 is 17.5 Å². The van der Waals surface area contributed by atoms with Crippen LogP contribution in [0.25, 0.3) is 11.1 Å². The number of nitro groups is 1. The molecule has 0 radical (unpaired) electrons. The standard InChI is InChI=1S/C17H17N3O6/c1-10(21)15(17(23)19-24)18-16(22)13-4-2-11(3-5-13)12-6-8-14(9-7-12)20(25)26/h2-10,15,21,24H,1H3,(H,18,22)(H,19,23)/t10-,15+/m1/s1. The summed E-state index contributed by atoms with van der Waals surface area (Å²) < 4.78 is 0. The molecule has 0 saturated heterocycles. The van der Waals surface area contributed by atoms with Gasteiger partial charge in [0.25, 0.3) is 17.5 Å². The summed E-state index contributed by atoms with van der Waals surface area (Å²) in [6, 6.07) is 11.0. The van der Waals surface area contributed by atoms with Gasteiger partial charge in [0.2, 0.25) is 0 Å². The highest BCUT2D eigenvalue weighted by atomic mass is 16.6. The molecule has 0 aliphatic rings. The molecule has 0 heterocycles. The third kappa shape index (κ3) is 4.41. The van der Waals surface area contributed by atoms with Gasteiger partial charge in [0.1, 0.15) is 6.04 Å². The molecule has 2 aromatic rings. The number of nitrogens with zero attached hydrogens (tertiary/aromatic N) is 1. The van der Waals surface area contributed by atoms with Gasteiger partial charge in [-0.25, -0.2) is 5.48 Å². The fraction of sp³-hybridized carbons (Fsp3) is 0.176. The van der Waals surface area contributed by atoms with E-state index >= 15 is 0 Å². The molecule has 0 aliphatic carbocycles. The maximum atomic E-state index is 12.2. The van der Waals surface area contributed by atoms with E-state index in [1.165, 1.54) is 36.7 Å². The summed E-state index contributed by atoms with van der Waals surface area (Å²) in [5.41, 5.74) is 3.10. The minimum atomic E-state index is -1.30. The predicted molar refractivity (Wildman–Crippen MR) is 91.4 cm³/mol. The molecular weight excluding hydrogens is 342 g/mol. The number of hydrogen-bond acceptors (Lipinski definition) is 6. The Kier molecular flexibility index (Phi) is 5.99. The maximum absolute atomic E-state index is 12.2. The molecule has 9 heteroatoms. The number of nitrogens with one attached hydrogen (secondary N) is 2. The van der Waals surface area contributed by atoms with Gasteiger partial charge < -0.3 is 10.4 Å². The van der Waals surface area contributed by atoms with Gasteiger partial charge in [0, 0.05) is 17.7 Å². The largest absolute Gasteiger partial charge is 0.391 e. The lowest BCUT2D eigenvalue weighted by Gasteiger charge is -2.19. The Bertz CT molecular complexity index is 802. The van der Waals surface area contributed by atoms with Gasteiger partial charge in [-0.3, -0.25) is 24.9 Å². The topological polar surface area (TPSA) is 142 Å². The minimum absolute atomic E-state index is 0.0175. The molecule has 0 aromatic heterocycles. The summed E-state index contributed by atoms with van der Waals surface area (Å²) in [4.78, 5) is 33.8. The first-order valence-electron chi connectivity index (χ1n) is 7.61. The van der Waals surface area contributed by atoms with E-state index in [0.29, 0.717) is 0 Å². The molecule has 0 saturated carbocycles. The molecular formula is C17H17N3O6. The van der Waals surface area contributed by atoms with Crippen LogP contribution in [0.2, 0.25) is 0 Å². The number of benzene rings is 2. The molecule has 2 amide bonds. The van der Waals surface area contributed by atoms with Gasteiger partial charge in [-0.1, -0.05) is 12.1 Å². The van der Waals surface area contributed by atoms with Crippen molar-refractivity contribution in [3.8, 4) is 11.1 Å². The van der Waals surface area contributed by atoms with E-state index in [9.17, 15) is 24.8 Å². The summed E-state index contributed by atoms with van der Waals surface area (Å²) >= 11 is 0. The molecule has 0 aliphatic heterocycles. The number of hydroxylamine groups is 1. The number of hydrogen-bond donors (Lipinski definition) is 4. The molecule has 0 fully saturated rings. The van der Waals surface area contributed by atoms with Gasteiger partial charge in [-0.05, 0) is 42.3 Å². The minimum Gasteiger partial charge on any atom is -0.391 e. The molecule has 0 unspecified atom stereocenters. The summed E-state index contributed by atoms with van der Waals surface area (Å²) in [6.45, 7) is 1.30. The zero-order valence-corrected chi connectivity index (χ0v) is 13.7. The first-order valence-corrected chi connectivity index (χ1v) is 7.61. The molecule has 9 nitrogen and oxygen atoms in total. The Hall–Kier alpha value is -3.30. The first kappa shape index (κ1) is 19.0. The molecule has 136 valence electrons. The Morgan fingerprint density at radius 3 is 1.96 bits per heavy atom. The van der Waals surface area contributed by atoms with E-state index in [1.807, 2.05) is 0 Å². The van der Waals surface area contributed by atoms with Crippen molar-refractivity contribution in [3.05, 3.63) is 64.2 Å². The van der Waals surface area contributed by atoms with Gasteiger partial charge in [0.05, 0.1) is 11.0 Å². The van der Waals surface area contributed by atoms with Gasteiger partial charge in [-0.2, -0.15) is 0 Å². The molecule has 26 heavy (non-hydrogen) atoms. The highest BCUT2D eigenvalue weighted by Crippen LogP contribution is 2.22. The Morgan fingerprint density at radius 1 is 1.04 bits per heavy atom. The van der Waals surface area contributed by atoms with Crippen LogP contribution in [0.1, 0.15) is 17.3 Å². The van der Waals surface area contributed by atoms with Gasteiger partial charge in [0.15, 0.2) is 0 Å². The number of aliphatic hydroxyl groups excluding tert-OH is 1. The van der Waals surface area contributed by atoms with E-state index in [4.69, 9.17) is 5.21 Å². The molecule has 2 aromatic carbocycles. The Morgan fingerprint density at radius 2 is 1.54 bits per heavy atom. The summed E-state index contributed by atoms with van der Waals surface area (Å²) in [7, 11) is 0. The van der Waals surface area contributed by atoms with Crippen LogP contribution in [0.5, 0.6) is 0 Å². The number of carbonyl (C=O) groups excluding carboxylic acids is 2. The van der Waals surface area contributed by atoms with E-state index in [0.717, 1.165) is 11.1 Å². The van der Waals surface area contributed by atoms with Crippen LogP contribution >= 0.6 is 0 Å². The normalized spacial score (nSPS) is 12.7. The van der Waals surface area contributed by atoms with Crippen molar-refractivity contribution < 1.29 is 24.8 Å². The molecule has 0 bridgehead atoms. The SMILES string of the molecule is C[C@@H](O)[C@H](NC(=O)c1ccc(-c2ccc([N+](=O)[O-])cc2)cc1)C(=O)NO. The predicted octanol–water partition coefficient (Wildman–Crippen LogP) is 1.25. The molecule has 0 spiro atoms. The van der Waals surface area contributed by atoms with Crippen molar-refractivity contribution in [1.82, 2.24) is 10.8 Å². The second-order valence-corrected chi connectivity index (χ2v) is 5.55. The summed E-state index contributed by atoms with van der Waals surface area (Å²) in [6.07, 6.45) is -1.20. The van der Waals surface area contributed by atoms with E-state index in [2.05, 4.69) is 5.32 Å². The quantitative estimate of drug-likeness (QED) is 0.347. The van der Waals surface area contributed by atoms with Crippen LogP contribution in [0.15, 0.2) is 48.5 Å². The number of non-ortho nitro benzene ring substituents is 1. The Balaban J connectivity index is 2.14. The average Bonchev–Trinajstić information content (AvgIpc) is 2.65. The van der Waals surface area contributed by atoms with Crippen LogP contribution in [0.3, 0.4) is 0 Å². The third-order valence-electron chi connectivity index (χ3n) is 3.72. The summed E-state index contributed by atoms with van der Waals surface area (Å²) in [5, 5.41) is 31.2. The Labute approximate surface area is 148 Å². The average molecular weight is 359 g/mol. The van der Waals surface area contributed by atoms with E-state index < -0.39 is 28.9 Å². The highest BCUT2D eigenvalue weighted by molar-refractivity contribution is 5.97. The molecule has 2 atom stereocenters. The smallest absolute Gasteiger partial charge is 0.269 e. The lowest BCUT2D eigenvalue weighted by Crippen LogP contribution is -2.51. The number of carbonyl (C=O) groups is 2. The van der Waals surface area contributed by atoms with Crippen molar-refractivity contribution in [2.45, 2.75) is 19.1 Å². The fourth-order valence-electron chi connectivity index (χ4n) is 2.29. The van der Waals surface area contributed by atoms with Crippen LogP contribution in [-0.2, 0) is 4.79 Å². The van der Waals surface area contributed by atoms with Crippen LogP contribution in [0, 0.1) is 10.1 Å². The van der Waals surface area contributed by atoms with E-state index in [-0.39, 0.29) is 11.3 Å². The number of amides is 2. The van der Waals surface area contributed by atoms with Crippen molar-refractivity contribution in [1.29, 1.82) is 0 Å². The second-order valence-electron chi connectivity index (χ2n) is 5.55. The van der Waals surface area contributed by atoms with Crippen molar-refractivity contribution in [2.75, 3.05) is 0 Å². The number of aliphatic hydroxyl groups is 1. The van der Waals surface area contributed by atoms with Gasteiger partial charge >= 0.3 is 0 Å². The molecule has 4 N–H and O–H groups in total.